The molecule has 0 atom stereocenters. The van der Waals surface area contributed by atoms with E-state index < -0.39 is 0 Å². The molecule has 0 aliphatic heterocycles. The molecule has 0 heterocycles. The van der Waals surface area contributed by atoms with Crippen LogP contribution in [0.25, 0.3) is 0 Å². The van der Waals surface area contributed by atoms with Crippen LogP contribution >= 0.6 is 15.9 Å². The second kappa shape index (κ2) is 4.60. The molecule has 0 fully saturated rings. The fourth-order valence-corrected chi connectivity index (χ4v) is 1.76. The zero-order chi connectivity index (χ0) is 10.7. The quantitative estimate of drug-likeness (QED) is 0.828. The number of carbonyl (C=O) groups excluding carboxylic acids is 1. The Morgan fingerprint density at radius 3 is 2.71 bits per heavy atom. The van der Waals surface area contributed by atoms with E-state index in [9.17, 15) is 4.79 Å². The van der Waals surface area contributed by atoms with E-state index in [4.69, 9.17) is 0 Å². The van der Waals surface area contributed by atoms with Crippen molar-refractivity contribution in [1.29, 1.82) is 0 Å². The molecule has 0 bridgehead atoms. The van der Waals surface area contributed by atoms with Crippen molar-refractivity contribution in [2.24, 2.45) is 0 Å². The Hall–Kier alpha value is -0.830. The molecular formula is C11H14BrNO. The summed E-state index contributed by atoms with van der Waals surface area (Å²) in [4.78, 5) is 12.9. The number of carbonyl (C=O) groups is 1. The molecule has 1 aromatic rings. The average Bonchev–Trinajstić information content (AvgIpc) is 2.08. The van der Waals surface area contributed by atoms with Gasteiger partial charge in [-0.2, -0.15) is 0 Å². The van der Waals surface area contributed by atoms with E-state index in [1.165, 1.54) is 5.56 Å². The summed E-state index contributed by atoms with van der Waals surface area (Å²) in [5.74, 6) is 0.173. The van der Waals surface area contributed by atoms with Gasteiger partial charge >= 0.3 is 0 Å². The van der Waals surface area contributed by atoms with Crippen LogP contribution in [0.4, 0.5) is 5.69 Å². The minimum Gasteiger partial charge on any atom is -0.367 e. The first-order valence-electron chi connectivity index (χ1n) is 4.47. The fraction of sp³-hybridized carbons (Fsp3) is 0.364. The van der Waals surface area contributed by atoms with Gasteiger partial charge in [-0.25, -0.2) is 0 Å². The smallest absolute Gasteiger partial charge is 0.149 e. The first-order chi connectivity index (χ1) is 6.50. The average molecular weight is 256 g/mol. The summed E-state index contributed by atoms with van der Waals surface area (Å²) in [6.45, 7) is 4.10. The van der Waals surface area contributed by atoms with Crippen molar-refractivity contribution >= 4 is 27.4 Å². The number of benzene rings is 1. The highest BCUT2D eigenvalue weighted by atomic mass is 79.9. The lowest BCUT2D eigenvalue weighted by Gasteiger charge is -2.20. The molecule has 1 aromatic carbocycles. The number of nitrogens with zero attached hydrogens (tertiary/aromatic N) is 1. The van der Waals surface area contributed by atoms with Gasteiger partial charge < -0.3 is 4.90 Å². The predicted octanol–water partition coefficient (Wildman–Crippen LogP) is 2.78. The fourth-order valence-electron chi connectivity index (χ4n) is 1.41. The Morgan fingerprint density at radius 1 is 1.50 bits per heavy atom. The third kappa shape index (κ3) is 2.84. The van der Waals surface area contributed by atoms with Crippen LogP contribution in [0.3, 0.4) is 0 Å². The standard InChI is InChI=1S/C11H14BrNO/c1-8-4-5-10(12)6-11(8)13(3)7-9(2)14/h4-6H,7H2,1-3H3. The summed E-state index contributed by atoms with van der Waals surface area (Å²) in [7, 11) is 1.93. The summed E-state index contributed by atoms with van der Waals surface area (Å²) in [5.41, 5.74) is 2.27. The second-order valence-electron chi connectivity index (χ2n) is 3.49. The molecule has 2 nitrogen and oxygen atoms in total. The van der Waals surface area contributed by atoms with E-state index in [2.05, 4.69) is 15.9 Å². The number of anilines is 1. The first-order valence-corrected chi connectivity index (χ1v) is 5.26. The van der Waals surface area contributed by atoms with Gasteiger partial charge in [0.25, 0.3) is 0 Å². The van der Waals surface area contributed by atoms with Crippen LogP contribution in [0.2, 0.25) is 0 Å². The van der Waals surface area contributed by atoms with Crippen LogP contribution in [-0.2, 0) is 4.79 Å². The zero-order valence-electron chi connectivity index (χ0n) is 8.67. The summed E-state index contributed by atoms with van der Waals surface area (Å²) in [6, 6.07) is 6.06. The van der Waals surface area contributed by atoms with Crippen LogP contribution < -0.4 is 4.90 Å². The molecule has 14 heavy (non-hydrogen) atoms. The van der Waals surface area contributed by atoms with Crippen molar-refractivity contribution in [1.82, 2.24) is 0 Å². The molecule has 1 rings (SSSR count). The Bertz CT molecular complexity index is 349. The van der Waals surface area contributed by atoms with Crippen molar-refractivity contribution in [3.05, 3.63) is 28.2 Å². The minimum atomic E-state index is 0.173. The maximum Gasteiger partial charge on any atom is 0.149 e. The Morgan fingerprint density at radius 2 is 2.14 bits per heavy atom. The van der Waals surface area contributed by atoms with Gasteiger partial charge in [-0.3, -0.25) is 4.79 Å². The van der Waals surface area contributed by atoms with E-state index >= 15 is 0 Å². The summed E-state index contributed by atoms with van der Waals surface area (Å²) >= 11 is 3.42. The maximum atomic E-state index is 11.0. The molecule has 3 heteroatoms. The highest BCUT2D eigenvalue weighted by Crippen LogP contribution is 2.23. The molecule has 76 valence electrons. The lowest BCUT2D eigenvalue weighted by Crippen LogP contribution is -2.24. The van der Waals surface area contributed by atoms with Crippen molar-refractivity contribution in [3.8, 4) is 0 Å². The van der Waals surface area contributed by atoms with Gasteiger partial charge in [0.2, 0.25) is 0 Å². The number of rotatable bonds is 3. The van der Waals surface area contributed by atoms with Crippen molar-refractivity contribution in [2.75, 3.05) is 18.5 Å². The predicted molar refractivity (Wildman–Crippen MR) is 62.8 cm³/mol. The lowest BCUT2D eigenvalue weighted by atomic mass is 10.2. The number of Topliss-reactive ketones (excluding diaryl/α,β-unsaturated/α-hetero) is 1. The molecule has 0 unspecified atom stereocenters. The number of hydrogen-bond donors (Lipinski definition) is 0. The molecule has 0 saturated heterocycles. The Kier molecular flexibility index (Phi) is 3.69. The monoisotopic (exact) mass is 255 g/mol. The van der Waals surface area contributed by atoms with Crippen molar-refractivity contribution in [2.45, 2.75) is 13.8 Å². The number of likely N-dealkylation sites (N-methyl/N-ethyl adjacent to an activating group) is 1. The van der Waals surface area contributed by atoms with Crippen LogP contribution in [0.15, 0.2) is 22.7 Å². The topological polar surface area (TPSA) is 20.3 Å². The summed E-state index contributed by atoms with van der Waals surface area (Å²) < 4.78 is 1.04. The van der Waals surface area contributed by atoms with E-state index in [0.717, 1.165) is 10.2 Å². The first kappa shape index (κ1) is 11.2. The lowest BCUT2D eigenvalue weighted by molar-refractivity contribution is -0.115. The van der Waals surface area contributed by atoms with Gasteiger partial charge in [0.1, 0.15) is 5.78 Å². The van der Waals surface area contributed by atoms with E-state index in [0.29, 0.717) is 6.54 Å². The van der Waals surface area contributed by atoms with Gasteiger partial charge in [-0.1, -0.05) is 22.0 Å². The van der Waals surface area contributed by atoms with Crippen LogP contribution in [0.1, 0.15) is 12.5 Å². The number of halogens is 1. The Labute approximate surface area is 93.0 Å². The third-order valence-corrected chi connectivity index (χ3v) is 2.54. The van der Waals surface area contributed by atoms with Gasteiger partial charge in [-0.05, 0) is 31.5 Å². The van der Waals surface area contributed by atoms with Crippen molar-refractivity contribution in [3.63, 3.8) is 0 Å². The van der Waals surface area contributed by atoms with E-state index in [1.807, 2.05) is 37.1 Å². The largest absolute Gasteiger partial charge is 0.367 e. The SMILES string of the molecule is CC(=O)CN(C)c1cc(Br)ccc1C. The number of hydrogen-bond acceptors (Lipinski definition) is 2. The Balaban J connectivity index is 2.93. The molecule has 0 aliphatic rings. The highest BCUT2D eigenvalue weighted by Gasteiger charge is 2.06. The molecular weight excluding hydrogens is 242 g/mol. The normalized spacial score (nSPS) is 10.0. The van der Waals surface area contributed by atoms with Crippen LogP contribution in [0.5, 0.6) is 0 Å². The number of ketones is 1. The zero-order valence-corrected chi connectivity index (χ0v) is 10.3. The van der Waals surface area contributed by atoms with E-state index in [-0.39, 0.29) is 5.78 Å². The molecule has 0 saturated carbocycles. The molecule has 0 N–H and O–H groups in total. The van der Waals surface area contributed by atoms with Gasteiger partial charge in [0, 0.05) is 17.2 Å². The molecule has 0 radical (unpaired) electrons. The van der Waals surface area contributed by atoms with Crippen molar-refractivity contribution < 1.29 is 4.79 Å². The maximum absolute atomic E-state index is 11.0. The molecule has 0 aromatic heterocycles. The van der Waals surface area contributed by atoms with Crippen LogP contribution in [-0.4, -0.2) is 19.4 Å². The second-order valence-corrected chi connectivity index (χ2v) is 4.40. The van der Waals surface area contributed by atoms with E-state index in [1.54, 1.807) is 6.92 Å². The summed E-state index contributed by atoms with van der Waals surface area (Å²) in [5, 5.41) is 0. The van der Waals surface area contributed by atoms with Gasteiger partial charge in [0.05, 0.1) is 6.54 Å². The number of aryl methyl sites for hydroxylation is 1. The van der Waals surface area contributed by atoms with Gasteiger partial charge in [0.15, 0.2) is 0 Å². The third-order valence-electron chi connectivity index (χ3n) is 2.04. The highest BCUT2D eigenvalue weighted by molar-refractivity contribution is 9.10. The van der Waals surface area contributed by atoms with Gasteiger partial charge in [-0.15, -0.1) is 0 Å². The molecule has 0 amide bonds. The molecule has 0 aliphatic carbocycles. The van der Waals surface area contributed by atoms with Crippen LogP contribution in [0, 0.1) is 6.92 Å². The summed E-state index contributed by atoms with van der Waals surface area (Å²) in [6.07, 6.45) is 0. The molecule has 0 spiro atoms. The minimum absolute atomic E-state index is 0.173.